The van der Waals surface area contributed by atoms with Crippen LogP contribution in [0.4, 0.5) is 10.1 Å². The molecule has 1 aromatic heterocycles. The first-order valence-corrected chi connectivity index (χ1v) is 8.32. The van der Waals surface area contributed by atoms with Crippen LogP contribution in [-0.4, -0.2) is 40.1 Å². The van der Waals surface area contributed by atoms with Gasteiger partial charge >= 0.3 is 0 Å². The van der Waals surface area contributed by atoms with Crippen LogP contribution in [0.2, 0.25) is 0 Å². The number of halogens is 1. The van der Waals surface area contributed by atoms with Gasteiger partial charge in [-0.25, -0.2) is 17.5 Å². The summed E-state index contributed by atoms with van der Waals surface area (Å²) in [6, 6.07) is 3.62. The molecule has 2 aromatic rings. The largest absolute Gasteiger partial charge is 0.398 e. The van der Waals surface area contributed by atoms with Gasteiger partial charge in [0.05, 0.1) is 17.5 Å². The number of sulfone groups is 1. The molecular weight excluding hydrogens is 297 g/mol. The topological polar surface area (TPSA) is 104 Å². The van der Waals surface area contributed by atoms with Crippen LogP contribution in [-0.2, 0) is 9.84 Å². The summed E-state index contributed by atoms with van der Waals surface area (Å²) in [7, 11) is -3.08. The second kappa shape index (κ2) is 5.06. The number of aromatic nitrogens is 4. The van der Waals surface area contributed by atoms with Crippen LogP contribution >= 0.6 is 0 Å². The molecule has 21 heavy (non-hydrogen) atoms. The van der Waals surface area contributed by atoms with Gasteiger partial charge in [0.2, 0.25) is 0 Å². The first-order chi connectivity index (χ1) is 9.96. The lowest BCUT2D eigenvalue weighted by molar-refractivity contribution is 0.429. The van der Waals surface area contributed by atoms with Gasteiger partial charge in [0.1, 0.15) is 5.82 Å². The molecule has 0 bridgehead atoms. The zero-order valence-electron chi connectivity index (χ0n) is 11.1. The van der Waals surface area contributed by atoms with E-state index in [2.05, 4.69) is 15.5 Å². The predicted molar refractivity (Wildman–Crippen MR) is 74.5 cm³/mol. The Bertz CT molecular complexity index is 774. The maximum absolute atomic E-state index is 13.1. The van der Waals surface area contributed by atoms with Crippen LogP contribution in [0.3, 0.4) is 0 Å². The van der Waals surface area contributed by atoms with E-state index in [1.54, 1.807) is 0 Å². The summed E-state index contributed by atoms with van der Waals surface area (Å²) >= 11 is 0. The molecule has 1 fully saturated rings. The molecule has 7 nitrogen and oxygen atoms in total. The molecule has 3 rings (SSSR count). The van der Waals surface area contributed by atoms with Crippen molar-refractivity contribution in [1.82, 2.24) is 20.2 Å². The minimum Gasteiger partial charge on any atom is -0.398 e. The number of nitrogens with zero attached hydrogens (tertiary/aromatic N) is 4. The minimum atomic E-state index is -3.08. The zero-order chi connectivity index (χ0) is 15.0. The van der Waals surface area contributed by atoms with Gasteiger partial charge in [-0.2, -0.15) is 0 Å². The maximum atomic E-state index is 13.1. The number of nitrogens with two attached hydrogens (primary N) is 1. The van der Waals surface area contributed by atoms with Gasteiger partial charge in [-0.1, -0.05) is 0 Å². The molecule has 1 aromatic carbocycles. The maximum Gasteiger partial charge on any atom is 0.184 e. The van der Waals surface area contributed by atoms with Crippen LogP contribution in [0.15, 0.2) is 18.2 Å². The molecule has 0 spiro atoms. The Morgan fingerprint density at radius 3 is 2.90 bits per heavy atom. The van der Waals surface area contributed by atoms with E-state index in [0.717, 1.165) is 0 Å². The van der Waals surface area contributed by atoms with Gasteiger partial charge < -0.3 is 5.73 Å². The molecule has 0 radical (unpaired) electrons. The summed E-state index contributed by atoms with van der Waals surface area (Å²) in [6.45, 7) is 0. The van der Waals surface area contributed by atoms with Crippen molar-refractivity contribution in [2.45, 2.75) is 18.9 Å². The Morgan fingerprint density at radius 1 is 1.38 bits per heavy atom. The Hall–Kier alpha value is -2.03. The van der Waals surface area contributed by atoms with Crippen molar-refractivity contribution in [1.29, 1.82) is 0 Å². The van der Waals surface area contributed by atoms with Crippen LogP contribution in [0.5, 0.6) is 0 Å². The summed E-state index contributed by atoms with van der Waals surface area (Å²) in [4.78, 5) is 0. The quantitative estimate of drug-likeness (QED) is 0.823. The fourth-order valence-electron chi connectivity index (χ4n) is 2.55. The third-order valence-corrected chi connectivity index (χ3v) is 5.34. The second-order valence-corrected chi connectivity index (χ2v) is 7.32. The van der Waals surface area contributed by atoms with Gasteiger partial charge in [-0.15, -0.1) is 5.10 Å². The van der Waals surface area contributed by atoms with E-state index in [1.165, 1.54) is 22.9 Å². The molecule has 1 aliphatic rings. The fraction of sp³-hybridized carbons (Fsp3) is 0.417. The van der Waals surface area contributed by atoms with E-state index in [1.807, 2.05) is 0 Å². The SMILES string of the molecule is Nc1cc(F)ccc1-c1nnnn1C1CCCS(=O)(=O)C1. The molecule has 0 aliphatic carbocycles. The lowest BCUT2D eigenvalue weighted by Crippen LogP contribution is -2.28. The summed E-state index contributed by atoms with van der Waals surface area (Å²) in [5.74, 6) is 0.108. The molecule has 1 saturated heterocycles. The zero-order valence-corrected chi connectivity index (χ0v) is 11.9. The van der Waals surface area contributed by atoms with Crippen molar-refractivity contribution >= 4 is 15.5 Å². The summed E-state index contributed by atoms with van der Waals surface area (Å²) in [5, 5.41) is 11.4. The number of benzene rings is 1. The first-order valence-electron chi connectivity index (χ1n) is 6.50. The molecule has 0 saturated carbocycles. The predicted octanol–water partition coefficient (Wildman–Crippen LogP) is 0.811. The van der Waals surface area contributed by atoms with Gasteiger partial charge in [0.25, 0.3) is 0 Å². The normalized spacial score (nSPS) is 21.3. The third-order valence-electron chi connectivity index (χ3n) is 3.53. The molecular formula is C12H14FN5O2S. The van der Waals surface area contributed by atoms with Gasteiger partial charge in [-0.3, -0.25) is 0 Å². The molecule has 1 aliphatic heterocycles. The fourth-order valence-corrected chi connectivity index (χ4v) is 4.21. The van der Waals surface area contributed by atoms with Gasteiger partial charge in [-0.05, 0) is 41.5 Å². The number of tetrazole rings is 1. The van der Waals surface area contributed by atoms with Crippen molar-refractivity contribution in [3.63, 3.8) is 0 Å². The lowest BCUT2D eigenvalue weighted by atomic mass is 10.1. The number of hydrogen-bond donors (Lipinski definition) is 1. The van der Waals surface area contributed by atoms with Crippen molar-refractivity contribution in [3.8, 4) is 11.4 Å². The van der Waals surface area contributed by atoms with E-state index < -0.39 is 15.7 Å². The summed E-state index contributed by atoms with van der Waals surface area (Å²) in [6.07, 6.45) is 1.25. The molecule has 2 N–H and O–H groups in total. The highest BCUT2D eigenvalue weighted by molar-refractivity contribution is 7.91. The van der Waals surface area contributed by atoms with Crippen LogP contribution in [0.1, 0.15) is 18.9 Å². The van der Waals surface area contributed by atoms with Crippen molar-refractivity contribution in [2.75, 3.05) is 17.2 Å². The smallest absolute Gasteiger partial charge is 0.184 e. The molecule has 1 unspecified atom stereocenters. The van der Waals surface area contributed by atoms with Crippen LogP contribution in [0.25, 0.3) is 11.4 Å². The van der Waals surface area contributed by atoms with E-state index >= 15 is 0 Å². The Labute approximate surface area is 120 Å². The van der Waals surface area contributed by atoms with Crippen molar-refractivity contribution in [3.05, 3.63) is 24.0 Å². The minimum absolute atomic E-state index is 0.00609. The Morgan fingerprint density at radius 2 is 2.19 bits per heavy atom. The second-order valence-electron chi connectivity index (χ2n) is 5.09. The van der Waals surface area contributed by atoms with Crippen LogP contribution < -0.4 is 5.73 Å². The molecule has 9 heteroatoms. The number of anilines is 1. The highest BCUT2D eigenvalue weighted by atomic mass is 32.2. The average molecular weight is 311 g/mol. The standard InChI is InChI=1S/C12H14FN5O2S/c13-8-3-4-10(11(14)6-8)12-15-16-17-18(12)9-2-1-5-21(19,20)7-9/h3-4,6,9H,1-2,5,7,14H2. The average Bonchev–Trinajstić information content (AvgIpc) is 2.86. The Balaban J connectivity index is 2.01. The van der Waals surface area contributed by atoms with Crippen molar-refractivity contribution < 1.29 is 12.8 Å². The molecule has 112 valence electrons. The monoisotopic (exact) mass is 311 g/mol. The van der Waals surface area contributed by atoms with E-state index in [-0.39, 0.29) is 23.2 Å². The molecule has 2 heterocycles. The van der Waals surface area contributed by atoms with Crippen LogP contribution in [0, 0.1) is 5.82 Å². The number of rotatable bonds is 2. The molecule has 0 amide bonds. The third kappa shape index (κ3) is 2.73. The summed E-state index contributed by atoms with van der Waals surface area (Å²) < 4.78 is 38.1. The first kappa shape index (κ1) is 13.9. The van der Waals surface area contributed by atoms with Crippen molar-refractivity contribution in [2.24, 2.45) is 0 Å². The molecule has 1 atom stereocenters. The van der Waals surface area contributed by atoms with E-state index in [4.69, 9.17) is 5.73 Å². The van der Waals surface area contributed by atoms with E-state index in [0.29, 0.717) is 24.2 Å². The number of hydrogen-bond acceptors (Lipinski definition) is 6. The lowest BCUT2D eigenvalue weighted by Gasteiger charge is -2.22. The van der Waals surface area contributed by atoms with Gasteiger partial charge in [0, 0.05) is 11.3 Å². The highest BCUT2D eigenvalue weighted by Crippen LogP contribution is 2.29. The summed E-state index contributed by atoms with van der Waals surface area (Å²) in [5.41, 5.74) is 6.50. The van der Waals surface area contributed by atoms with Gasteiger partial charge in [0.15, 0.2) is 15.7 Å². The van der Waals surface area contributed by atoms with E-state index in [9.17, 15) is 12.8 Å². The Kier molecular flexibility index (Phi) is 3.36. The number of nitrogen functional groups attached to an aromatic ring is 1. The highest BCUT2D eigenvalue weighted by Gasteiger charge is 2.29.